The second-order valence-corrected chi connectivity index (χ2v) is 5.48. The summed E-state index contributed by atoms with van der Waals surface area (Å²) in [6, 6.07) is 1.92. The molecule has 0 amide bonds. The van der Waals surface area contributed by atoms with Gasteiger partial charge in [-0.1, -0.05) is 6.92 Å². The van der Waals surface area contributed by atoms with Crippen molar-refractivity contribution in [2.75, 3.05) is 23.7 Å². The summed E-state index contributed by atoms with van der Waals surface area (Å²) in [6.45, 7) is 4.50. The lowest BCUT2D eigenvalue weighted by Gasteiger charge is -2.32. The fourth-order valence-corrected chi connectivity index (χ4v) is 2.56. The highest BCUT2D eigenvalue weighted by Gasteiger charge is 2.28. The maximum atomic E-state index is 5.89. The van der Waals surface area contributed by atoms with Gasteiger partial charge in [-0.15, -0.1) is 0 Å². The van der Waals surface area contributed by atoms with Gasteiger partial charge >= 0.3 is 0 Å². The van der Waals surface area contributed by atoms with Crippen LogP contribution in [0.25, 0.3) is 0 Å². The second-order valence-electron chi connectivity index (χ2n) is 5.48. The van der Waals surface area contributed by atoms with E-state index in [4.69, 9.17) is 5.73 Å². The molecule has 3 rings (SSSR count). The standard InChI is InChI=1S/C13H20N4/c1-9-3-2-6-17(8-9)12-7-11(14)15-13(16-12)10-4-5-10/h7,9-10H,2-6,8H2,1H3,(H2,14,15,16)/t9-/m1/s1. The molecule has 0 unspecified atom stereocenters. The highest BCUT2D eigenvalue weighted by atomic mass is 15.2. The average Bonchev–Trinajstić information content (AvgIpc) is 3.12. The van der Waals surface area contributed by atoms with Crippen LogP contribution in [0.2, 0.25) is 0 Å². The van der Waals surface area contributed by atoms with Gasteiger partial charge < -0.3 is 10.6 Å². The van der Waals surface area contributed by atoms with E-state index in [-0.39, 0.29) is 0 Å². The van der Waals surface area contributed by atoms with Crippen molar-refractivity contribution in [3.05, 3.63) is 11.9 Å². The van der Waals surface area contributed by atoms with Crippen molar-refractivity contribution in [3.63, 3.8) is 0 Å². The predicted octanol–water partition coefficient (Wildman–Crippen LogP) is 2.17. The summed E-state index contributed by atoms with van der Waals surface area (Å²) in [7, 11) is 0. The highest BCUT2D eigenvalue weighted by molar-refractivity contribution is 5.48. The van der Waals surface area contributed by atoms with Crippen LogP contribution in [0.3, 0.4) is 0 Å². The summed E-state index contributed by atoms with van der Waals surface area (Å²) in [5.74, 6) is 3.93. The second kappa shape index (κ2) is 4.17. The first-order valence-electron chi connectivity index (χ1n) is 6.62. The van der Waals surface area contributed by atoms with E-state index in [1.165, 1.54) is 25.7 Å². The van der Waals surface area contributed by atoms with E-state index >= 15 is 0 Å². The van der Waals surface area contributed by atoms with Crippen LogP contribution < -0.4 is 10.6 Å². The molecule has 17 heavy (non-hydrogen) atoms. The lowest BCUT2D eigenvalue weighted by molar-refractivity contribution is 0.444. The molecule has 2 fully saturated rings. The van der Waals surface area contributed by atoms with Gasteiger partial charge in [-0.3, -0.25) is 0 Å². The summed E-state index contributed by atoms with van der Waals surface area (Å²) in [6.07, 6.45) is 5.02. The zero-order valence-corrected chi connectivity index (χ0v) is 10.4. The van der Waals surface area contributed by atoms with Gasteiger partial charge in [0.2, 0.25) is 0 Å². The molecule has 92 valence electrons. The van der Waals surface area contributed by atoms with E-state index in [1.807, 2.05) is 6.07 Å². The zero-order valence-electron chi connectivity index (χ0n) is 10.4. The Morgan fingerprint density at radius 3 is 2.82 bits per heavy atom. The molecule has 1 atom stereocenters. The molecule has 0 bridgehead atoms. The zero-order chi connectivity index (χ0) is 11.8. The number of hydrogen-bond donors (Lipinski definition) is 1. The maximum absolute atomic E-state index is 5.89. The van der Waals surface area contributed by atoms with Crippen LogP contribution in [0.5, 0.6) is 0 Å². The van der Waals surface area contributed by atoms with Crippen LogP contribution in [0.15, 0.2) is 6.07 Å². The van der Waals surface area contributed by atoms with E-state index in [0.29, 0.717) is 11.7 Å². The van der Waals surface area contributed by atoms with Crippen molar-refractivity contribution in [2.45, 2.75) is 38.5 Å². The summed E-state index contributed by atoms with van der Waals surface area (Å²) < 4.78 is 0. The van der Waals surface area contributed by atoms with Crippen LogP contribution >= 0.6 is 0 Å². The fraction of sp³-hybridized carbons (Fsp3) is 0.692. The monoisotopic (exact) mass is 232 g/mol. The number of nitrogens with two attached hydrogens (primary N) is 1. The third-order valence-electron chi connectivity index (χ3n) is 3.67. The molecule has 0 radical (unpaired) electrons. The molecule has 1 saturated heterocycles. The van der Waals surface area contributed by atoms with E-state index in [0.717, 1.165) is 30.6 Å². The molecule has 1 aliphatic carbocycles. The van der Waals surface area contributed by atoms with Crippen molar-refractivity contribution >= 4 is 11.6 Å². The van der Waals surface area contributed by atoms with Crippen molar-refractivity contribution in [2.24, 2.45) is 5.92 Å². The molecule has 4 nitrogen and oxygen atoms in total. The van der Waals surface area contributed by atoms with Gasteiger partial charge in [-0.25, -0.2) is 9.97 Å². The van der Waals surface area contributed by atoms with Crippen molar-refractivity contribution in [3.8, 4) is 0 Å². The highest BCUT2D eigenvalue weighted by Crippen LogP contribution is 2.39. The van der Waals surface area contributed by atoms with Gasteiger partial charge in [0.25, 0.3) is 0 Å². The number of nitrogen functional groups attached to an aromatic ring is 1. The van der Waals surface area contributed by atoms with Crippen molar-refractivity contribution in [1.82, 2.24) is 9.97 Å². The van der Waals surface area contributed by atoms with Crippen LogP contribution in [0, 0.1) is 5.92 Å². The van der Waals surface area contributed by atoms with Crippen molar-refractivity contribution < 1.29 is 0 Å². The van der Waals surface area contributed by atoms with Crippen LogP contribution in [0.1, 0.15) is 44.3 Å². The molecule has 2 N–H and O–H groups in total. The fourth-order valence-electron chi connectivity index (χ4n) is 2.56. The molecule has 0 aromatic carbocycles. The van der Waals surface area contributed by atoms with E-state index in [9.17, 15) is 0 Å². The average molecular weight is 232 g/mol. The Bertz CT molecular complexity index is 414. The van der Waals surface area contributed by atoms with Gasteiger partial charge in [0.05, 0.1) is 0 Å². The smallest absolute Gasteiger partial charge is 0.136 e. The van der Waals surface area contributed by atoms with Crippen LogP contribution in [0.4, 0.5) is 11.6 Å². The number of anilines is 2. The number of rotatable bonds is 2. The largest absolute Gasteiger partial charge is 0.384 e. The predicted molar refractivity (Wildman–Crippen MR) is 69.0 cm³/mol. The van der Waals surface area contributed by atoms with E-state index in [1.54, 1.807) is 0 Å². The minimum absolute atomic E-state index is 0.569. The molecule has 1 aromatic heterocycles. The summed E-state index contributed by atoms with van der Waals surface area (Å²) >= 11 is 0. The number of piperidine rings is 1. The topological polar surface area (TPSA) is 55.0 Å². The first-order valence-corrected chi connectivity index (χ1v) is 6.62. The van der Waals surface area contributed by atoms with Gasteiger partial charge in [0.15, 0.2) is 0 Å². The first kappa shape index (κ1) is 10.8. The molecule has 1 saturated carbocycles. The Balaban J connectivity index is 1.85. The molecule has 2 aliphatic rings. The third-order valence-corrected chi connectivity index (χ3v) is 3.67. The minimum atomic E-state index is 0.569. The summed E-state index contributed by atoms with van der Waals surface area (Å²) in [5.41, 5.74) is 5.89. The molecule has 2 heterocycles. The SMILES string of the molecule is C[C@@H]1CCCN(c2cc(N)nc(C3CC3)n2)C1. The quantitative estimate of drug-likeness (QED) is 0.849. The Hall–Kier alpha value is -1.32. The Morgan fingerprint density at radius 2 is 2.12 bits per heavy atom. The van der Waals surface area contributed by atoms with Crippen LogP contribution in [-0.2, 0) is 0 Å². The van der Waals surface area contributed by atoms with E-state index < -0.39 is 0 Å². The first-order chi connectivity index (χ1) is 8.22. The van der Waals surface area contributed by atoms with Crippen molar-refractivity contribution in [1.29, 1.82) is 0 Å². The molecular formula is C13H20N4. The van der Waals surface area contributed by atoms with E-state index in [2.05, 4.69) is 21.8 Å². The number of nitrogens with zero attached hydrogens (tertiary/aromatic N) is 3. The Kier molecular flexibility index (Phi) is 2.65. The number of aromatic nitrogens is 2. The molecular weight excluding hydrogens is 212 g/mol. The van der Waals surface area contributed by atoms with Gasteiger partial charge in [0.1, 0.15) is 17.5 Å². The summed E-state index contributed by atoms with van der Waals surface area (Å²) in [5, 5.41) is 0. The lowest BCUT2D eigenvalue weighted by atomic mass is 10.0. The van der Waals surface area contributed by atoms with Gasteiger partial charge in [0, 0.05) is 25.1 Å². The van der Waals surface area contributed by atoms with Gasteiger partial charge in [-0.05, 0) is 31.6 Å². The van der Waals surface area contributed by atoms with Gasteiger partial charge in [-0.2, -0.15) is 0 Å². The molecule has 1 aliphatic heterocycles. The Morgan fingerprint density at radius 1 is 1.29 bits per heavy atom. The maximum Gasteiger partial charge on any atom is 0.136 e. The molecule has 0 spiro atoms. The Labute approximate surface area is 102 Å². The normalized spacial score (nSPS) is 25.0. The molecule has 1 aromatic rings. The molecule has 4 heteroatoms. The third kappa shape index (κ3) is 2.35. The number of hydrogen-bond acceptors (Lipinski definition) is 4. The summed E-state index contributed by atoms with van der Waals surface area (Å²) in [4.78, 5) is 11.4. The van der Waals surface area contributed by atoms with Crippen LogP contribution in [-0.4, -0.2) is 23.1 Å². The minimum Gasteiger partial charge on any atom is -0.384 e. The lowest BCUT2D eigenvalue weighted by Crippen LogP contribution is -2.35.